The van der Waals surface area contributed by atoms with Gasteiger partial charge in [-0.3, -0.25) is 4.79 Å². The number of fused-ring (bicyclic) bond motifs is 1. The van der Waals surface area contributed by atoms with E-state index in [1.54, 1.807) is 12.1 Å². The van der Waals surface area contributed by atoms with Crippen molar-refractivity contribution in [3.8, 4) is 5.88 Å². The fourth-order valence-electron chi connectivity index (χ4n) is 1.29. The van der Waals surface area contributed by atoms with E-state index >= 15 is 0 Å². The Kier molecular flexibility index (Phi) is 2.21. The van der Waals surface area contributed by atoms with Crippen LogP contribution in [-0.4, -0.2) is 23.0 Å². The van der Waals surface area contributed by atoms with Gasteiger partial charge >= 0.3 is 0 Å². The zero-order chi connectivity index (χ0) is 10.8. The molecule has 0 spiro atoms. The van der Waals surface area contributed by atoms with Crippen LogP contribution in [0.25, 0.3) is 11.0 Å². The number of benzene rings is 1. The maximum absolute atomic E-state index is 11.1. The second kappa shape index (κ2) is 3.53. The number of hydrogen-bond acceptors (Lipinski definition) is 4. The Balaban J connectivity index is 2.74. The number of amides is 1. The van der Waals surface area contributed by atoms with E-state index in [0.717, 1.165) is 0 Å². The summed E-state index contributed by atoms with van der Waals surface area (Å²) in [4.78, 5) is 19.3. The van der Waals surface area contributed by atoms with Gasteiger partial charge in [0.15, 0.2) is 5.69 Å². The lowest BCUT2D eigenvalue weighted by atomic mass is 10.3. The molecule has 0 bridgehead atoms. The summed E-state index contributed by atoms with van der Waals surface area (Å²) in [6, 6.07) is 7.19. The highest BCUT2D eigenvalue weighted by Crippen LogP contribution is 2.17. The zero-order valence-corrected chi connectivity index (χ0v) is 8.10. The van der Waals surface area contributed by atoms with Crippen molar-refractivity contribution in [2.24, 2.45) is 5.73 Å². The maximum Gasteiger partial charge on any atom is 0.272 e. The number of methoxy groups -OCH3 is 1. The Labute approximate surface area is 85.9 Å². The molecule has 5 heteroatoms. The molecule has 1 amide bonds. The van der Waals surface area contributed by atoms with Crippen LogP contribution < -0.4 is 10.5 Å². The number of primary amides is 1. The Bertz CT molecular complexity index is 525. The van der Waals surface area contributed by atoms with Gasteiger partial charge in [0.05, 0.1) is 18.1 Å². The molecular formula is C10H9N3O2. The quantitative estimate of drug-likeness (QED) is 0.780. The smallest absolute Gasteiger partial charge is 0.272 e. The molecule has 5 nitrogen and oxygen atoms in total. The molecule has 15 heavy (non-hydrogen) atoms. The SMILES string of the molecule is COc1nc2ccccc2nc1C(N)=O. The van der Waals surface area contributed by atoms with Crippen LogP contribution in [-0.2, 0) is 0 Å². The van der Waals surface area contributed by atoms with Crippen LogP contribution >= 0.6 is 0 Å². The van der Waals surface area contributed by atoms with Crippen molar-refractivity contribution in [2.45, 2.75) is 0 Å². The lowest BCUT2D eigenvalue weighted by molar-refractivity contribution is 0.0992. The minimum atomic E-state index is -0.648. The van der Waals surface area contributed by atoms with Gasteiger partial charge in [0.1, 0.15) is 0 Å². The van der Waals surface area contributed by atoms with E-state index in [2.05, 4.69) is 9.97 Å². The van der Waals surface area contributed by atoms with Gasteiger partial charge in [-0.2, -0.15) is 0 Å². The van der Waals surface area contributed by atoms with Gasteiger partial charge in [0.2, 0.25) is 5.88 Å². The lowest BCUT2D eigenvalue weighted by Gasteiger charge is -2.04. The van der Waals surface area contributed by atoms with Crippen molar-refractivity contribution < 1.29 is 9.53 Å². The summed E-state index contributed by atoms with van der Waals surface area (Å²) in [5.41, 5.74) is 6.50. The first-order chi connectivity index (χ1) is 7.22. The molecule has 0 unspecified atom stereocenters. The van der Waals surface area contributed by atoms with E-state index in [9.17, 15) is 4.79 Å². The van der Waals surface area contributed by atoms with Crippen LogP contribution in [0.4, 0.5) is 0 Å². The minimum Gasteiger partial charge on any atom is -0.479 e. The molecule has 76 valence electrons. The summed E-state index contributed by atoms with van der Waals surface area (Å²) in [5, 5.41) is 0. The van der Waals surface area contributed by atoms with E-state index in [1.807, 2.05) is 12.1 Å². The zero-order valence-electron chi connectivity index (χ0n) is 8.10. The fourth-order valence-corrected chi connectivity index (χ4v) is 1.29. The number of hydrogen-bond donors (Lipinski definition) is 1. The van der Waals surface area contributed by atoms with Crippen molar-refractivity contribution in [3.05, 3.63) is 30.0 Å². The van der Waals surface area contributed by atoms with Crippen molar-refractivity contribution in [2.75, 3.05) is 7.11 Å². The van der Waals surface area contributed by atoms with Crippen LogP contribution in [0.1, 0.15) is 10.5 Å². The van der Waals surface area contributed by atoms with E-state index in [-0.39, 0.29) is 11.6 Å². The van der Waals surface area contributed by atoms with Gasteiger partial charge in [-0.05, 0) is 12.1 Å². The average molecular weight is 203 g/mol. The normalized spacial score (nSPS) is 10.2. The number of nitrogens with zero attached hydrogens (tertiary/aromatic N) is 2. The molecule has 0 fully saturated rings. The molecule has 2 rings (SSSR count). The van der Waals surface area contributed by atoms with Crippen LogP contribution in [0, 0.1) is 0 Å². The largest absolute Gasteiger partial charge is 0.479 e. The minimum absolute atomic E-state index is 0.0520. The third kappa shape index (κ3) is 1.59. The Hall–Kier alpha value is -2.17. The van der Waals surface area contributed by atoms with Crippen molar-refractivity contribution in [1.82, 2.24) is 9.97 Å². The summed E-state index contributed by atoms with van der Waals surface area (Å²) in [6.45, 7) is 0. The van der Waals surface area contributed by atoms with Gasteiger partial charge in [-0.25, -0.2) is 9.97 Å². The average Bonchev–Trinajstić information content (AvgIpc) is 2.27. The predicted molar refractivity (Wildman–Crippen MR) is 54.6 cm³/mol. The van der Waals surface area contributed by atoms with E-state index in [4.69, 9.17) is 10.5 Å². The third-order valence-electron chi connectivity index (χ3n) is 1.97. The first-order valence-electron chi connectivity index (χ1n) is 4.33. The standard InChI is InChI=1S/C10H9N3O2/c1-15-10-8(9(11)14)12-6-4-2-3-5-7(6)13-10/h2-5H,1H3,(H2,11,14). The van der Waals surface area contributed by atoms with Crippen molar-refractivity contribution in [3.63, 3.8) is 0 Å². The number of para-hydroxylation sites is 2. The molecule has 1 aromatic heterocycles. The van der Waals surface area contributed by atoms with Crippen LogP contribution in [0.15, 0.2) is 24.3 Å². The van der Waals surface area contributed by atoms with Gasteiger partial charge < -0.3 is 10.5 Å². The molecule has 0 aliphatic carbocycles. The van der Waals surface area contributed by atoms with Crippen LogP contribution in [0.2, 0.25) is 0 Å². The number of ether oxygens (including phenoxy) is 1. The molecule has 0 saturated carbocycles. The van der Waals surface area contributed by atoms with Gasteiger partial charge in [0, 0.05) is 0 Å². The molecule has 0 radical (unpaired) electrons. The molecule has 0 aliphatic heterocycles. The summed E-state index contributed by atoms with van der Waals surface area (Å²) in [5.74, 6) is -0.494. The molecule has 2 aromatic rings. The van der Waals surface area contributed by atoms with Crippen molar-refractivity contribution in [1.29, 1.82) is 0 Å². The first kappa shape index (κ1) is 9.39. The molecular weight excluding hydrogens is 194 g/mol. The Morgan fingerprint density at radius 1 is 1.27 bits per heavy atom. The Morgan fingerprint density at radius 3 is 2.40 bits per heavy atom. The lowest BCUT2D eigenvalue weighted by Crippen LogP contribution is -2.15. The topological polar surface area (TPSA) is 78.1 Å². The molecule has 0 saturated heterocycles. The van der Waals surface area contributed by atoms with Crippen LogP contribution in [0.3, 0.4) is 0 Å². The van der Waals surface area contributed by atoms with E-state index in [1.165, 1.54) is 7.11 Å². The highest BCUT2D eigenvalue weighted by Gasteiger charge is 2.13. The summed E-state index contributed by atoms with van der Waals surface area (Å²) >= 11 is 0. The predicted octanol–water partition coefficient (Wildman–Crippen LogP) is 0.737. The molecule has 1 aromatic carbocycles. The second-order valence-electron chi connectivity index (χ2n) is 2.93. The maximum atomic E-state index is 11.1. The Morgan fingerprint density at radius 2 is 1.87 bits per heavy atom. The van der Waals surface area contributed by atoms with Crippen LogP contribution in [0.5, 0.6) is 5.88 Å². The second-order valence-corrected chi connectivity index (χ2v) is 2.93. The molecule has 0 atom stereocenters. The van der Waals surface area contributed by atoms with Gasteiger partial charge in [0.25, 0.3) is 5.91 Å². The fraction of sp³-hybridized carbons (Fsp3) is 0.100. The monoisotopic (exact) mass is 203 g/mol. The van der Waals surface area contributed by atoms with E-state index in [0.29, 0.717) is 11.0 Å². The number of carbonyl (C=O) groups excluding carboxylic acids is 1. The summed E-state index contributed by atoms with van der Waals surface area (Å²) in [7, 11) is 1.42. The van der Waals surface area contributed by atoms with E-state index < -0.39 is 5.91 Å². The third-order valence-corrected chi connectivity index (χ3v) is 1.97. The highest BCUT2D eigenvalue weighted by molar-refractivity contribution is 5.95. The number of carbonyl (C=O) groups is 1. The number of rotatable bonds is 2. The number of aromatic nitrogens is 2. The van der Waals surface area contributed by atoms with Crippen molar-refractivity contribution >= 4 is 16.9 Å². The molecule has 0 aliphatic rings. The highest BCUT2D eigenvalue weighted by atomic mass is 16.5. The number of nitrogens with two attached hydrogens (primary N) is 1. The van der Waals surface area contributed by atoms with Gasteiger partial charge in [-0.15, -0.1) is 0 Å². The first-order valence-corrected chi connectivity index (χ1v) is 4.33. The molecule has 2 N–H and O–H groups in total. The summed E-state index contributed by atoms with van der Waals surface area (Å²) in [6.07, 6.45) is 0. The summed E-state index contributed by atoms with van der Waals surface area (Å²) < 4.78 is 4.94. The van der Waals surface area contributed by atoms with Gasteiger partial charge in [-0.1, -0.05) is 12.1 Å². The molecule has 1 heterocycles.